The Morgan fingerprint density at radius 2 is 2.20 bits per heavy atom. The third-order valence-corrected chi connectivity index (χ3v) is 3.06. The van der Waals surface area contributed by atoms with E-state index >= 15 is 0 Å². The molecule has 0 spiro atoms. The van der Waals surface area contributed by atoms with Crippen molar-refractivity contribution in [2.75, 3.05) is 7.05 Å². The first-order valence-corrected chi connectivity index (χ1v) is 5.75. The Morgan fingerprint density at radius 3 is 2.73 bits per heavy atom. The molecule has 1 rings (SSSR count). The lowest BCUT2D eigenvalue weighted by Crippen LogP contribution is -2.33. The maximum absolute atomic E-state index is 11.2. The highest BCUT2D eigenvalue weighted by Gasteiger charge is 2.13. The third kappa shape index (κ3) is 3.76. The molecule has 1 atom stereocenters. The Morgan fingerprint density at radius 1 is 1.53 bits per heavy atom. The molecule has 15 heavy (non-hydrogen) atoms. The third-order valence-electron chi connectivity index (χ3n) is 2.57. The highest BCUT2D eigenvalue weighted by molar-refractivity contribution is 9.10. The van der Waals surface area contributed by atoms with Crippen LogP contribution in [-0.4, -0.2) is 23.8 Å². The largest absolute Gasteiger partial charge is 0.298 e. The highest BCUT2D eigenvalue weighted by atomic mass is 79.9. The molecule has 1 aromatic carbocycles. The molecular weight excluding hydrogens is 254 g/mol. The van der Waals surface area contributed by atoms with Gasteiger partial charge in [-0.15, -0.1) is 0 Å². The van der Waals surface area contributed by atoms with Crippen molar-refractivity contribution in [1.29, 1.82) is 0 Å². The molecule has 0 bridgehead atoms. The van der Waals surface area contributed by atoms with E-state index in [1.807, 2.05) is 31.0 Å². The number of carbonyl (C=O) groups excluding carboxylic acids is 1. The lowest BCUT2D eigenvalue weighted by Gasteiger charge is -2.22. The predicted octanol–water partition coefficient (Wildman–Crippen LogP) is 2.86. The van der Waals surface area contributed by atoms with Crippen LogP contribution in [0.25, 0.3) is 0 Å². The summed E-state index contributed by atoms with van der Waals surface area (Å²) in [5.41, 5.74) is 1.21. The van der Waals surface area contributed by atoms with Crippen molar-refractivity contribution in [3.05, 3.63) is 34.3 Å². The van der Waals surface area contributed by atoms with E-state index in [1.165, 1.54) is 5.56 Å². The van der Waals surface area contributed by atoms with Gasteiger partial charge in [-0.3, -0.25) is 9.69 Å². The molecule has 82 valence electrons. The SMILES string of the molecule is CC(=O)C(C)N(C)Cc1cccc(Br)c1. The number of halogens is 1. The van der Waals surface area contributed by atoms with Crippen molar-refractivity contribution in [1.82, 2.24) is 4.90 Å². The van der Waals surface area contributed by atoms with Crippen molar-refractivity contribution in [2.45, 2.75) is 26.4 Å². The van der Waals surface area contributed by atoms with Gasteiger partial charge >= 0.3 is 0 Å². The van der Waals surface area contributed by atoms with Gasteiger partial charge < -0.3 is 0 Å². The van der Waals surface area contributed by atoms with Crippen LogP contribution >= 0.6 is 15.9 Å². The van der Waals surface area contributed by atoms with E-state index in [-0.39, 0.29) is 11.8 Å². The summed E-state index contributed by atoms with van der Waals surface area (Å²) in [6, 6.07) is 8.12. The fraction of sp³-hybridized carbons (Fsp3) is 0.417. The van der Waals surface area contributed by atoms with Crippen molar-refractivity contribution in [2.24, 2.45) is 0 Å². The number of hydrogen-bond donors (Lipinski definition) is 0. The molecular formula is C12H16BrNO. The van der Waals surface area contributed by atoms with Crippen molar-refractivity contribution in [3.8, 4) is 0 Å². The molecule has 0 saturated heterocycles. The molecule has 0 amide bonds. The first-order valence-electron chi connectivity index (χ1n) is 4.96. The summed E-state index contributed by atoms with van der Waals surface area (Å²) in [5.74, 6) is 0.201. The number of ketones is 1. The molecule has 0 aliphatic carbocycles. The van der Waals surface area contributed by atoms with Gasteiger partial charge in [0.25, 0.3) is 0 Å². The summed E-state index contributed by atoms with van der Waals surface area (Å²) < 4.78 is 1.07. The molecule has 0 fully saturated rings. The number of nitrogens with zero attached hydrogens (tertiary/aromatic N) is 1. The molecule has 0 saturated carbocycles. The van der Waals surface area contributed by atoms with Gasteiger partial charge in [0.05, 0.1) is 6.04 Å². The molecule has 0 aromatic heterocycles. The van der Waals surface area contributed by atoms with Gasteiger partial charge in [-0.05, 0) is 38.6 Å². The van der Waals surface area contributed by atoms with Gasteiger partial charge in [-0.2, -0.15) is 0 Å². The number of carbonyl (C=O) groups is 1. The van der Waals surface area contributed by atoms with Crippen molar-refractivity contribution in [3.63, 3.8) is 0 Å². The number of benzene rings is 1. The van der Waals surface area contributed by atoms with Crippen molar-refractivity contribution >= 4 is 21.7 Å². The van der Waals surface area contributed by atoms with E-state index < -0.39 is 0 Å². The molecule has 2 nitrogen and oxygen atoms in total. The van der Waals surface area contributed by atoms with Crippen LogP contribution in [0.4, 0.5) is 0 Å². The standard InChI is InChI=1S/C12H16BrNO/c1-9(10(2)15)14(3)8-11-5-4-6-12(13)7-11/h4-7,9H,8H2,1-3H3. The molecule has 3 heteroatoms. The number of Topliss-reactive ketones (excluding diaryl/α,β-unsaturated/α-hetero) is 1. The normalized spacial score (nSPS) is 12.9. The zero-order chi connectivity index (χ0) is 11.4. The topological polar surface area (TPSA) is 20.3 Å². The minimum absolute atomic E-state index is 0.0241. The minimum atomic E-state index is -0.0241. The Hall–Kier alpha value is -0.670. The second kappa shape index (κ2) is 5.42. The second-order valence-electron chi connectivity index (χ2n) is 3.83. The Balaban J connectivity index is 2.66. The molecule has 0 radical (unpaired) electrons. The van der Waals surface area contributed by atoms with Gasteiger partial charge in [-0.25, -0.2) is 0 Å². The van der Waals surface area contributed by atoms with Gasteiger partial charge in [0.15, 0.2) is 0 Å². The second-order valence-corrected chi connectivity index (χ2v) is 4.75. The van der Waals surface area contributed by atoms with E-state index in [1.54, 1.807) is 6.92 Å². The van der Waals surface area contributed by atoms with E-state index in [0.717, 1.165) is 11.0 Å². The van der Waals surface area contributed by atoms with E-state index in [2.05, 4.69) is 28.1 Å². The fourth-order valence-corrected chi connectivity index (χ4v) is 1.82. The van der Waals surface area contributed by atoms with Crippen LogP contribution in [0.1, 0.15) is 19.4 Å². The fourth-order valence-electron chi connectivity index (χ4n) is 1.37. The summed E-state index contributed by atoms with van der Waals surface area (Å²) in [6.07, 6.45) is 0. The van der Waals surface area contributed by atoms with Gasteiger partial charge in [0.2, 0.25) is 0 Å². The van der Waals surface area contributed by atoms with Crippen LogP contribution in [0.5, 0.6) is 0 Å². The zero-order valence-corrected chi connectivity index (χ0v) is 10.9. The van der Waals surface area contributed by atoms with Gasteiger partial charge in [-0.1, -0.05) is 28.1 Å². The molecule has 0 heterocycles. The Labute approximate surface area is 99.4 Å². The van der Waals surface area contributed by atoms with Crippen LogP contribution in [0.15, 0.2) is 28.7 Å². The summed E-state index contributed by atoms with van der Waals surface area (Å²) in [5, 5.41) is 0. The number of likely N-dealkylation sites (N-methyl/N-ethyl adjacent to an activating group) is 1. The lowest BCUT2D eigenvalue weighted by atomic mass is 10.1. The average molecular weight is 270 g/mol. The van der Waals surface area contributed by atoms with Gasteiger partial charge in [0, 0.05) is 11.0 Å². The van der Waals surface area contributed by atoms with Crippen LogP contribution in [0.3, 0.4) is 0 Å². The molecule has 0 aliphatic heterocycles. The first-order chi connectivity index (χ1) is 7.00. The van der Waals surface area contributed by atoms with Crippen LogP contribution in [0, 0.1) is 0 Å². The van der Waals surface area contributed by atoms with E-state index in [4.69, 9.17) is 0 Å². The lowest BCUT2D eigenvalue weighted by molar-refractivity contribution is -0.121. The quantitative estimate of drug-likeness (QED) is 0.838. The summed E-state index contributed by atoms with van der Waals surface area (Å²) >= 11 is 3.43. The first kappa shape index (κ1) is 12.4. The Kier molecular flexibility index (Phi) is 4.48. The predicted molar refractivity (Wildman–Crippen MR) is 65.8 cm³/mol. The minimum Gasteiger partial charge on any atom is -0.298 e. The van der Waals surface area contributed by atoms with Crippen LogP contribution < -0.4 is 0 Å². The maximum Gasteiger partial charge on any atom is 0.146 e. The molecule has 0 N–H and O–H groups in total. The van der Waals surface area contributed by atoms with E-state index in [0.29, 0.717) is 0 Å². The highest BCUT2D eigenvalue weighted by Crippen LogP contribution is 2.13. The smallest absolute Gasteiger partial charge is 0.146 e. The molecule has 1 aromatic rings. The Bertz CT molecular complexity index is 351. The molecule has 0 aliphatic rings. The van der Waals surface area contributed by atoms with Crippen LogP contribution in [0.2, 0.25) is 0 Å². The number of hydrogen-bond acceptors (Lipinski definition) is 2. The number of rotatable bonds is 4. The van der Waals surface area contributed by atoms with Crippen molar-refractivity contribution < 1.29 is 4.79 Å². The maximum atomic E-state index is 11.2. The summed E-state index contributed by atoms with van der Waals surface area (Å²) in [6.45, 7) is 4.35. The van der Waals surface area contributed by atoms with E-state index in [9.17, 15) is 4.79 Å². The van der Waals surface area contributed by atoms with Crippen LogP contribution in [-0.2, 0) is 11.3 Å². The zero-order valence-electron chi connectivity index (χ0n) is 9.33. The summed E-state index contributed by atoms with van der Waals surface area (Å²) in [7, 11) is 1.97. The average Bonchev–Trinajstić information content (AvgIpc) is 2.16. The summed E-state index contributed by atoms with van der Waals surface area (Å²) in [4.78, 5) is 13.2. The monoisotopic (exact) mass is 269 g/mol. The molecule has 1 unspecified atom stereocenters. The van der Waals surface area contributed by atoms with Gasteiger partial charge in [0.1, 0.15) is 5.78 Å².